The summed E-state index contributed by atoms with van der Waals surface area (Å²) >= 11 is 0. The van der Waals surface area contributed by atoms with E-state index in [2.05, 4.69) is 5.32 Å². The van der Waals surface area contributed by atoms with Crippen LogP contribution >= 0.6 is 0 Å². The van der Waals surface area contributed by atoms with Crippen LogP contribution in [0.1, 0.15) is 31.9 Å². The normalized spacial score (nSPS) is 13.0. The molecule has 9 heteroatoms. The molecule has 0 aliphatic carbocycles. The van der Waals surface area contributed by atoms with Gasteiger partial charge in [-0.2, -0.15) is 0 Å². The molecule has 0 fully saturated rings. The van der Waals surface area contributed by atoms with Gasteiger partial charge in [-0.3, -0.25) is 4.79 Å². The third kappa shape index (κ3) is 8.27. The first-order valence-corrected chi connectivity index (χ1v) is 9.99. The molecule has 0 unspecified atom stereocenters. The fourth-order valence-electron chi connectivity index (χ4n) is 2.73. The average molecular weight is 444 g/mol. The molecule has 0 saturated heterocycles. The molecule has 0 heterocycles. The van der Waals surface area contributed by atoms with E-state index in [9.17, 15) is 19.5 Å². The van der Waals surface area contributed by atoms with Crippen molar-refractivity contribution in [1.82, 2.24) is 5.32 Å². The number of carboxylic acid groups (broad SMARTS) is 1. The molecule has 0 aromatic heterocycles. The van der Waals surface area contributed by atoms with Crippen LogP contribution in [0.3, 0.4) is 0 Å². The van der Waals surface area contributed by atoms with Gasteiger partial charge in [-0.15, -0.1) is 0 Å². The van der Waals surface area contributed by atoms with Gasteiger partial charge in [-0.25, -0.2) is 9.59 Å². The average Bonchev–Trinajstić information content (AvgIpc) is 2.69. The van der Waals surface area contributed by atoms with E-state index in [1.54, 1.807) is 45.0 Å². The Bertz CT molecular complexity index is 934. The topological polar surface area (TPSA) is 148 Å². The highest BCUT2D eigenvalue weighted by Crippen LogP contribution is 2.17. The van der Waals surface area contributed by atoms with Crippen molar-refractivity contribution in [2.24, 2.45) is 5.73 Å². The maximum Gasteiger partial charge on any atom is 0.408 e. The zero-order chi connectivity index (χ0) is 23.9. The quantitative estimate of drug-likeness (QED) is 0.358. The highest BCUT2D eigenvalue weighted by molar-refractivity contribution is 5.83. The molecule has 0 spiro atoms. The lowest BCUT2D eigenvalue weighted by atomic mass is 10.1. The first-order valence-electron chi connectivity index (χ1n) is 9.99. The van der Waals surface area contributed by atoms with Crippen LogP contribution in [0.5, 0.6) is 11.5 Å². The minimum absolute atomic E-state index is 0.0793. The van der Waals surface area contributed by atoms with Crippen LogP contribution in [0.25, 0.3) is 0 Å². The predicted octanol–water partition coefficient (Wildman–Crippen LogP) is 2.39. The van der Waals surface area contributed by atoms with Crippen molar-refractivity contribution >= 4 is 18.0 Å². The van der Waals surface area contributed by atoms with E-state index in [4.69, 9.17) is 20.3 Å². The summed E-state index contributed by atoms with van der Waals surface area (Å²) in [5.74, 6) is -1.51. The molecule has 2 aromatic carbocycles. The SMILES string of the molecule is CC(C)(C)OC(=O)N[C@@H](Cc1ccc(O)cc1)C(=O)Oc1ccc(C[C@H](N)C(=O)O)cc1. The third-order valence-corrected chi connectivity index (χ3v) is 4.27. The number of nitrogens with two attached hydrogens (primary N) is 1. The maximum absolute atomic E-state index is 12.8. The minimum Gasteiger partial charge on any atom is -0.508 e. The number of nitrogens with one attached hydrogen (secondary N) is 1. The molecule has 5 N–H and O–H groups in total. The van der Waals surface area contributed by atoms with Crippen LogP contribution in [-0.2, 0) is 27.2 Å². The number of ether oxygens (including phenoxy) is 2. The van der Waals surface area contributed by atoms with E-state index in [1.165, 1.54) is 24.3 Å². The molecule has 0 bridgehead atoms. The van der Waals surface area contributed by atoms with E-state index in [0.29, 0.717) is 11.1 Å². The van der Waals surface area contributed by atoms with Crippen molar-refractivity contribution in [3.63, 3.8) is 0 Å². The number of phenolic OH excluding ortho intramolecular Hbond substituents is 1. The number of carboxylic acids is 1. The summed E-state index contributed by atoms with van der Waals surface area (Å²) in [7, 11) is 0. The van der Waals surface area contributed by atoms with Crippen molar-refractivity contribution in [1.29, 1.82) is 0 Å². The Morgan fingerprint density at radius 3 is 2.03 bits per heavy atom. The molecule has 0 radical (unpaired) electrons. The van der Waals surface area contributed by atoms with Gasteiger partial charge >= 0.3 is 18.0 Å². The van der Waals surface area contributed by atoms with Gasteiger partial charge in [0.25, 0.3) is 0 Å². The zero-order valence-corrected chi connectivity index (χ0v) is 18.2. The Morgan fingerprint density at radius 1 is 0.969 bits per heavy atom. The Kier molecular flexibility index (Phi) is 8.20. The molecular formula is C23H28N2O7. The number of hydrogen-bond donors (Lipinski definition) is 4. The lowest BCUT2D eigenvalue weighted by Crippen LogP contribution is -2.46. The van der Waals surface area contributed by atoms with Crippen LogP contribution in [-0.4, -0.2) is 45.9 Å². The van der Waals surface area contributed by atoms with Crippen molar-refractivity contribution in [2.75, 3.05) is 0 Å². The number of carbonyl (C=O) groups is 3. The second kappa shape index (κ2) is 10.6. The number of esters is 1. The molecule has 2 rings (SSSR count). The van der Waals surface area contributed by atoms with Gasteiger partial charge in [0.05, 0.1) is 0 Å². The minimum atomic E-state index is -1.11. The molecule has 9 nitrogen and oxygen atoms in total. The zero-order valence-electron chi connectivity index (χ0n) is 18.2. The predicted molar refractivity (Wildman–Crippen MR) is 116 cm³/mol. The van der Waals surface area contributed by atoms with E-state index in [-0.39, 0.29) is 24.3 Å². The first kappa shape index (κ1) is 24.7. The van der Waals surface area contributed by atoms with Gasteiger partial charge in [0.2, 0.25) is 0 Å². The van der Waals surface area contributed by atoms with E-state index < -0.39 is 35.7 Å². The molecule has 1 amide bonds. The standard InChI is InChI=1S/C23H28N2O7/c1-23(2,3)32-22(30)25-19(13-15-4-8-16(26)9-5-15)21(29)31-17-10-6-14(7-11-17)12-18(24)20(27)28/h4-11,18-19,26H,12-13,24H2,1-3H3,(H,25,30)(H,27,28)/t18-,19-/m0/s1. The Hall–Kier alpha value is -3.59. The second-order valence-electron chi connectivity index (χ2n) is 8.28. The Morgan fingerprint density at radius 2 is 1.50 bits per heavy atom. The number of hydrogen-bond acceptors (Lipinski definition) is 7. The third-order valence-electron chi connectivity index (χ3n) is 4.27. The van der Waals surface area contributed by atoms with Gasteiger partial charge in [-0.05, 0) is 62.6 Å². The summed E-state index contributed by atoms with van der Waals surface area (Å²) in [6.45, 7) is 5.12. The summed E-state index contributed by atoms with van der Waals surface area (Å²) < 4.78 is 10.6. The summed E-state index contributed by atoms with van der Waals surface area (Å²) in [6.07, 6.45) is -0.520. The molecule has 172 valence electrons. The maximum atomic E-state index is 12.8. The van der Waals surface area contributed by atoms with Crippen molar-refractivity contribution < 1.29 is 34.1 Å². The molecule has 32 heavy (non-hydrogen) atoms. The Labute approximate surface area is 186 Å². The lowest BCUT2D eigenvalue weighted by molar-refractivity contribution is -0.138. The molecule has 0 aliphatic heterocycles. The summed E-state index contributed by atoms with van der Waals surface area (Å²) in [5.41, 5.74) is 6.15. The van der Waals surface area contributed by atoms with Crippen LogP contribution in [0.2, 0.25) is 0 Å². The Balaban J connectivity index is 2.11. The number of carbonyl (C=O) groups excluding carboxylic acids is 2. The number of phenols is 1. The number of amides is 1. The van der Waals surface area contributed by atoms with Crippen LogP contribution in [0.4, 0.5) is 4.79 Å². The van der Waals surface area contributed by atoms with Gasteiger partial charge in [0.1, 0.15) is 29.2 Å². The van der Waals surface area contributed by atoms with Crippen molar-refractivity contribution in [3.8, 4) is 11.5 Å². The molecule has 2 atom stereocenters. The second-order valence-corrected chi connectivity index (χ2v) is 8.28. The smallest absolute Gasteiger partial charge is 0.408 e. The van der Waals surface area contributed by atoms with E-state index in [1.807, 2.05) is 0 Å². The number of benzene rings is 2. The van der Waals surface area contributed by atoms with E-state index in [0.717, 1.165) is 0 Å². The molecular weight excluding hydrogens is 416 g/mol. The number of aliphatic carboxylic acids is 1. The molecule has 0 saturated carbocycles. The van der Waals surface area contributed by atoms with Crippen LogP contribution in [0.15, 0.2) is 48.5 Å². The summed E-state index contributed by atoms with van der Waals surface area (Å²) in [5, 5.41) is 20.9. The molecule has 2 aromatic rings. The summed E-state index contributed by atoms with van der Waals surface area (Å²) in [6, 6.07) is 10.4. The van der Waals surface area contributed by atoms with Crippen LogP contribution in [0, 0.1) is 0 Å². The fourth-order valence-corrected chi connectivity index (χ4v) is 2.73. The van der Waals surface area contributed by atoms with Gasteiger partial charge in [0.15, 0.2) is 0 Å². The largest absolute Gasteiger partial charge is 0.508 e. The number of alkyl carbamates (subject to hydrolysis) is 1. The lowest BCUT2D eigenvalue weighted by Gasteiger charge is -2.23. The fraction of sp³-hybridized carbons (Fsp3) is 0.348. The van der Waals surface area contributed by atoms with Crippen LogP contribution < -0.4 is 15.8 Å². The summed E-state index contributed by atoms with van der Waals surface area (Å²) in [4.78, 5) is 35.9. The van der Waals surface area contributed by atoms with Gasteiger partial charge < -0.3 is 30.7 Å². The highest BCUT2D eigenvalue weighted by atomic mass is 16.6. The van der Waals surface area contributed by atoms with Crippen molar-refractivity contribution in [3.05, 3.63) is 59.7 Å². The monoisotopic (exact) mass is 444 g/mol. The first-order chi connectivity index (χ1) is 14.9. The molecule has 0 aliphatic rings. The van der Waals surface area contributed by atoms with Gasteiger partial charge in [0, 0.05) is 6.42 Å². The van der Waals surface area contributed by atoms with E-state index >= 15 is 0 Å². The number of rotatable bonds is 8. The highest BCUT2D eigenvalue weighted by Gasteiger charge is 2.26. The van der Waals surface area contributed by atoms with Gasteiger partial charge in [-0.1, -0.05) is 24.3 Å². The number of aromatic hydroxyl groups is 1. The van der Waals surface area contributed by atoms with Crippen molar-refractivity contribution in [2.45, 2.75) is 51.3 Å².